The molecule has 13 rings (SSSR count). The zero-order chi connectivity index (χ0) is 37.9. The van der Waals surface area contributed by atoms with Crippen molar-refractivity contribution in [3.63, 3.8) is 0 Å². The molecule has 0 N–H and O–H groups in total. The molecule has 0 atom stereocenters. The molecule has 0 spiro atoms. The maximum atomic E-state index is 2.44. The van der Waals surface area contributed by atoms with E-state index < -0.39 is 0 Å². The largest absolute Gasteiger partial charge is 0.309 e. The Bertz CT molecular complexity index is 3690. The van der Waals surface area contributed by atoms with E-state index in [4.69, 9.17) is 0 Å². The minimum absolute atomic E-state index is 1.15. The van der Waals surface area contributed by atoms with Gasteiger partial charge in [0, 0.05) is 69.6 Å². The van der Waals surface area contributed by atoms with Gasteiger partial charge in [-0.1, -0.05) is 115 Å². The summed E-state index contributed by atoms with van der Waals surface area (Å²) < 4.78 is 9.86. The normalized spacial score (nSPS) is 12.1. The Morgan fingerprint density at radius 2 is 0.741 bits per heavy atom. The third-order valence-electron chi connectivity index (χ3n) is 12.2. The second kappa shape index (κ2) is 12.1. The quantitative estimate of drug-likeness (QED) is 0.170. The van der Waals surface area contributed by atoms with E-state index in [1.54, 1.807) is 0 Å². The molecule has 0 radical (unpaired) electrons. The van der Waals surface area contributed by atoms with Gasteiger partial charge in [0.2, 0.25) is 0 Å². The second-order valence-electron chi connectivity index (χ2n) is 15.3. The summed E-state index contributed by atoms with van der Waals surface area (Å²) in [5, 5.41) is 10.3. The third kappa shape index (κ3) is 4.43. The number of nitrogens with zero attached hydrogens (tertiary/aromatic N) is 3. The number of benzene rings is 9. The van der Waals surface area contributed by atoms with E-state index in [0.29, 0.717) is 0 Å². The minimum Gasteiger partial charge on any atom is -0.309 e. The molecule has 0 saturated carbocycles. The van der Waals surface area contributed by atoms with Crippen LogP contribution in [0.25, 0.3) is 114 Å². The molecule has 0 saturated heterocycles. The van der Waals surface area contributed by atoms with Crippen LogP contribution in [0, 0.1) is 0 Å². The molecule has 0 aliphatic carbocycles. The van der Waals surface area contributed by atoms with E-state index in [0.717, 1.165) is 11.4 Å². The molecular weight excluding hydrogens is 723 g/mol. The fourth-order valence-corrected chi connectivity index (χ4v) is 11.0. The fraction of sp³-hybridized carbons (Fsp3) is 0. The molecule has 58 heavy (non-hydrogen) atoms. The van der Waals surface area contributed by atoms with E-state index in [9.17, 15) is 0 Å². The van der Waals surface area contributed by atoms with Gasteiger partial charge in [-0.05, 0) is 96.1 Å². The third-order valence-corrected chi connectivity index (χ3v) is 13.4. The van der Waals surface area contributed by atoms with Crippen molar-refractivity contribution < 1.29 is 0 Å². The standard InChI is InChI=1S/C54H33N3S/c1-6-19-46-39(14-1)40-15-2-7-20-47(40)55(46)36-25-27-37(28-26-36)56-50-23-10-5-18-44(50)53-51(56)30-29-43-45-33-35(24-31-52(45)58-54(43)53)34-12-11-13-38(32-34)57-48-21-8-3-16-41(48)42-17-4-9-22-49(42)57/h1-33H. The SMILES string of the molecule is c1cc(-c2ccc3sc4c(ccc5c4c4ccccc4n5-c4ccc(-n5c6ccccc6c6ccccc65)cc4)c3c2)cc(-n2c3ccccc3c3ccccc32)c1. The van der Waals surface area contributed by atoms with E-state index in [-0.39, 0.29) is 0 Å². The Labute approximate surface area is 337 Å². The fourth-order valence-electron chi connectivity index (χ4n) is 9.72. The number of hydrogen-bond acceptors (Lipinski definition) is 1. The number of aromatic nitrogens is 3. The first-order valence-corrected chi connectivity index (χ1v) is 20.7. The monoisotopic (exact) mass is 755 g/mol. The molecule has 4 heterocycles. The average molecular weight is 756 g/mol. The maximum Gasteiger partial charge on any atom is 0.0555 e. The van der Waals surface area contributed by atoms with E-state index in [1.165, 1.54) is 102 Å². The summed E-state index contributed by atoms with van der Waals surface area (Å²) in [7, 11) is 0. The molecule has 0 aliphatic rings. The Morgan fingerprint density at radius 3 is 1.31 bits per heavy atom. The number of thiophene rings is 1. The van der Waals surface area contributed by atoms with Crippen LogP contribution >= 0.6 is 11.3 Å². The molecule has 270 valence electrons. The molecule has 0 aliphatic heterocycles. The van der Waals surface area contributed by atoms with Crippen LogP contribution in [0.3, 0.4) is 0 Å². The van der Waals surface area contributed by atoms with Crippen molar-refractivity contribution in [2.45, 2.75) is 0 Å². The average Bonchev–Trinajstić information content (AvgIpc) is 4.03. The summed E-state index contributed by atoms with van der Waals surface area (Å²) in [6, 6.07) is 73.5. The van der Waals surface area contributed by atoms with Crippen LogP contribution in [-0.4, -0.2) is 13.7 Å². The van der Waals surface area contributed by atoms with Gasteiger partial charge in [0.15, 0.2) is 0 Å². The van der Waals surface area contributed by atoms with Gasteiger partial charge in [-0.15, -0.1) is 11.3 Å². The van der Waals surface area contributed by atoms with Crippen molar-refractivity contribution in [3.05, 3.63) is 200 Å². The first-order valence-electron chi connectivity index (χ1n) is 19.8. The number of rotatable bonds is 4. The molecule has 13 aromatic rings. The zero-order valence-electron chi connectivity index (χ0n) is 31.3. The van der Waals surface area contributed by atoms with Gasteiger partial charge in [0.1, 0.15) is 0 Å². The van der Waals surface area contributed by atoms with Gasteiger partial charge in [-0.3, -0.25) is 0 Å². The Balaban J connectivity index is 0.947. The molecule has 0 fully saturated rings. The Kier molecular flexibility index (Phi) is 6.60. The molecule has 0 unspecified atom stereocenters. The molecule has 4 aromatic heterocycles. The summed E-state index contributed by atoms with van der Waals surface area (Å²) in [6.45, 7) is 0. The molecule has 0 bridgehead atoms. The highest BCUT2D eigenvalue weighted by Crippen LogP contribution is 2.45. The predicted octanol–water partition coefficient (Wildman–Crippen LogP) is 15.0. The van der Waals surface area contributed by atoms with Crippen LogP contribution in [0.4, 0.5) is 0 Å². The minimum atomic E-state index is 1.15. The highest BCUT2D eigenvalue weighted by Gasteiger charge is 2.19. The van der Waals surface area contributed by atoms with Crippen molar-refractivity contribution >= 4 is 96.9 Å². The van der Waals surface area contributed by atoms with Crippen molar-refractivity contribution in [1.29, 1.82) is 0 Å². The summed E-state index contributed by atoms with van der Waals surface area (Å²) in [6.07, 6.45) is 0. The van der Waals surface area contributed by atoms with E-state index >= 15 is 0 Å². The van der Waals surface area contributed by atoms with Crippen LogP contribution in [-0.2, 0) is 0 Å². The molecule has 0 amide bonds. The van der Waals surface area contributed by atoms with Crippen molar-refractivity contribution in [2.24, 2.45) is 0 Å². The Morgan fingerprint density at radius 1 is 0.276 bits per heavy atom. The van der Waals surface area contributed by atoms with Crippen LogP contribution in [0.5, 0.6) is 0 Å². The molecule has 4 heteroatoms. The van der Waals surface area contributed by atoms with Crippen LogP contribution in [0.15, 0.2) is 200 Å². The maximum absolute atomic E-state index is 2.44. The van der Waals surface area contributed by atoms with Crippen LogP contribution < -0.4 is 0 Å². The molecular formula is C54H33N3S. The van der Waals surface area contributed by atoms with Crippen molar-refractivity contribution in [2.75, 3.05) is 0 Å². The van der Waals surface area contributed by atoms with Gasteiger partial charge in [-0.2, -0.15) is 0 Å². The topological polar surface area (TPSA) is 14.8 Å². The van der Waals surface area contributed by atoms with Gasteiger partial charge >= 0.3 is 0 Å². The van der Waals surface area contributed by atoms with E-state index in [1.807, 2.05) is 11.3 Å². The first kappa shape index (κ1) is 31.8. The predicted molar refractivity (Wildman–Crippen MR) is 248 cm³/mol. The highest BCUT2D eigenvalue weighted by molar-refractivity contribution is 7.26. The van der Waals surface area contributed by atoms with Gasteiger partial charge in [-0.25, -0.2) is 0 Å². The lowest BCUT2D eigenvalue weighted by Crippen LogP contribution is -1.97. The second-order valence-corrected chi connectivity index (χ2v) is 16.4. The summed E-state index contributed by atoms with van der Waals surface area (Å²) in [5.74, 6) is 0. The lowest BCUT2D eigenvalue weighted by molar-refractivity contribution is 1.14. The number of fused-ring (bicyclic) bond motifs is 13. The lowest BCUT2D eigenvalue weighted by atomic mass is 10.0. The van der Waals surface area contributed by atoms with E-state index in [2.05, 4.69) is 214 Å². The van der Waals surface area contributed by atoms with Gasteiger partial charge in [0.05, 0.1) is 33.1 Å². The summed E-state index contributed by atoms with van der Waals surface area (Å²) in [4.78, 5) is 0. The van der Waals surface area contributed by atoms with Crippen LogP contribution in [0.2, 0.25) is 0 Å². The molecule has 3 nitrogen and oxygen atoms in total. The lowest BCUT2D eigenvalue weighted by Gasteiger charge is -2.11. The van der Waals surface area contributed by atoms with Crippen molar-refractivity contribution in [3.8, 4) is 28.2 Å². The van der Waals surface area contributed by atoms with Crippen LogP contribution in [0.1, 0.15) is 0 Å². The van der Waals surface area contributed by atoms with Crippen molar-refractivity contribution in [1.82, 2.24) is 13.7 Å². The summed E-state index contributed by atoms with van der Waals surface area (Å²) in [5.41, 5.74) is 13.3. The Hall–Kier alpha value is -7.40. The zero-order valence-corrected chi connectivity index (χ0v) is 32.1. The highest BCUT2D eigenvalue weighted by atomic mass is 32.1. The summed E-state index contributed by atoms with van der Waals surface area (Å²) >= 11 is 1.90. The number of para-hydroxylation sites is 5. The van der Waals surface area contributed by atoms with Gasteiger partial charge < -0.3 is 13.7 Å². The van der Waals surface area contributed by atoms with Gasteiger partial charge in [0.25, 0.3) is 0 Å². The number of hydrogen-bond donors (Lipinski definition) is 0. The molecule has 9 aromatic carbocycles. The first-order chi connectivity index (χ1) is 28.8. The smallest absolute Gasteiger partial charge is 0.0555 e.